The third-order valence-corrected chi connectivity index (χ3v) is 3.94. The van der Waals surface area contributed by atoms with E-state index in [2.05, 4.69) is 26.1 Å². The first kappa shape index (κ1) is 18.3. The van der Waals surface area contributed by atoms with Gasteiger partial charge < -0.3 is 11.5 Å². The Bertz CT molecular complexity index is 836. The van der Waals surface area contributed by atoms with E-state index < -0.39 is 23.0 Å². The predicted octanol–water partition coefficient (Wildman–Crippen LogP) is 3.74. The van der Waals surface area contributed by atoms with Gasteiger partial charge in [0.2, 0.25) is 5.96 Å². The molecule has 2 rings (SSSR count). The molecule has 0 fully saturated rings. The van der Waals surface area contributed by atoms with Crippen molar-refractivity contribution in [1.82, 2.24) is 0 Å². The Labute approximate surface area is 149 Å². The van der Waals surface area contributed by atoms with Crippen molar-refractivity contribution in [2.45, 2.75) is 6.42 Å². The fourth-order valence-electron chi connectivity index (χ4n) is 1.92. The van der Waals surface area contributed by atoms with E-state index in [1.165, 1.54) is 6.07 Å². The molecular weight excluding hydrogens is 409 g/mol. The predicted molar refractivity (Wildman–Crippen MR) is 91.5 cm³/mol. The van der Waals surface area contributed by atoms with Crippen molar-refractivity contribution in [3.05, 3.63) is 68.4 Å². The van der Waals surface area contributed by atoms with Gasteiger partial charge in [-0.15, -0.1) is 5.10 Å². The van der Waals surface area contributed by atoms with Crippen LogP contribution >= 0.6 is 27.5 Å². The number of nitrogens with zero attached hydrogens (tertiary/aromatic N) is 2. The van der Waals surface area contributed by atoms with Crippen LogP contribution in [0, 0.1) is 17.5 Å². The number of nitrogens with two attached hydrogens (primary N) is 2. The minimum absolute atomic E-state index is 0.0983. The van der Waals surface area contributed by atoms with E-state index in [-0.39, 0.29) is 18.1 Å². The van der Waals surface area contributed by atoms with Crippen molar-refractivity contribution in [3.63, 3.8) is 0 Å². The molecule has 0 aliphatic heterocycles. The smallest absolute Gasteiger partial charge is 0.211 e. The summed E-state index contributed by atoms with van der Waals surface area (Å²) in [5.74, 6) is -3.72. The number of hydrogen-bond acceptors (Lipinski definition) is 2. The third kappa shape index (κ3) is 4.27. The van der Waals surface area contributed by atoms with Gasteiger partial charge in [-0.25, -0.2) is 13.2 Å². The molecule has 0 aliphatic rings. The lowest BCUT2D eigenvalue weighted by Gasteiger charge is -2.10. The lowest BCUT2D eigenvalue weighted by atomic mass is 10.0. The molecule has 0 atom stereocenters. The number of rotatable bonds is 4. The van der Waals surface area contributed by atoms with Crippen molar-refractivity contribution in [1.29, 1.82) is 0 Å². The molecule has 126 valence electrons. The SMILES string of the molecule is NC(N)=N/N=C(/Cc1c(F)ccc(F)c1F)c1cc(Cl)ccc1Br. The van der Waals surface area contributed by atoms with Gasteiger partial charge >= 0.3 is 0 Å². The topological polar surface area (TPSA) is 76.8 Å². The van der Waals surface area contributed by atoms with Crippen LogP contribution in [0.15, 0.2) is 45.0 Å². The maximum absolute atomic E-state index is 13.9. The zero-order valence-corrected chi connectivity index (χ0v) is 14.4. The highest BCUT2D eigenvalue weighted by Gasteiger charge is 2.18. The maximum Gasteiger partial charge on any atom is 0.211 e. The summed E-state index contributed by atoms with van der Waals surface area (Å²) in [5.41, 5.74) is 10.5. The molecule has 0 bridgehead atoms. The van der Waals surface area contributed by atoms with Gasteiger partial charge in [0.05, 0.1) is 5.71 Å². The molecule has 0 spiro atoms. The second kappa shape index (κ2) is 7.67. The molecule has 0 aromatic heterocycles. The Morgan fingerprint density at radius 2 is 1.71 bits per heavy atom. The van der Waals surface area contributed by atoms with Crippen molar-refractivity contribution in [2.75, 3.05) is 0 Å². The van der Waals surface area contributed by atoms with E-state index in [1.807, 2.05) is 0 Å². The first-order valence-corrected chi connectivity index (χ1v) is 7.70. The average Bonchev–Trinajstić information content (AvgIpc) is 2.53. The number of halogens is 5. The summed E-state index contributed by atoms with van der Waals surface area (Å²) < 4.78 is 41.8. The minimum Gasteiger partial charge on any atom is -0.369 e. The Hall–Kier alpha value is -2.06. The normalized spacial score (nSPS) is 11.5. The first-order valence-electron chi connectivity index (χ1n) is 6.53. The molecular formula is C15H11BrClF3N4. The highest BCUT2D eigenvalue weighted by atomic mass is 79.9. The standard InChI is InChI=1S/C15H11BrClF3N4/c16-10-2-1-7(17)5-8(10)13(23-24-15(21)22)6-9-11(18)3-4-12(19)14(9)20/h1-5H,6H2,(H4,21,22,24)/b23-13-. The number of hydrogen-bond donors (Lipinski definition) is 2. The van der Waals surface area contributed by atoms with Gasteiger partial charge in [0.1, 0.15) is 5.82 Å². The van der Waals surface area contributed by atoms with Gasteiger partial charge in [0, 0.05) is 27.0 Å². The van der Waals surface area contributed by atoms with Crippen LogP contribution in [0.3, 0.4) is 0 Å². The van der Waals surface area contributed by atoms with Crippen LogP contribution in [0.4, 0.5) is 13.2 Å². The molecule has 0 saturated carbocycles. The van der Waals surface area contributed by atoms with Gasteiger partial charge in [-0.1, -0.05) is 27.5 Å². The molecule has 4 N–H and O–H groups in total. The summed E-state index contributed by atoms with van der Waals surface area (Å²) in [6.45, 7) is 0. The van der Waals surface area contributed by atoms with E-state index >= 15 is 0 Å². The Kier molecular flexibility index (Phi) is 5.84. The summed E-state index contributed by atoms with van der Waals surface area (Å²) in [6.07, 6.45) is -0.384. The summed E-state index contributed by atoms with van der Waals surface area (Å²) in [7, 11) is 0. The van der Waals surface area contributed by atoms with Crippen molar-refractivity contribution >= 4 is 39.2 Å². The molecule has 0 aliphatic carbocycles. The van der Waals surface area contributed by atoms with Crippen molar-refractivity contribution in [3.8, 4) is 0 Å². The molecule has 2 aromatic rings. The van der Waals surface area contributed by atoms with Crippen molar-refractivity contribution in [2.24, 2.45) is 21.7 Å². The maximum atomic E-state index is 13.9. The van der Waals surface area contributed by atoms with E-state index in [0.29, 0.717) is 21.1 Å². The Morgan fingerprint density at radius 3 is 2.38 bits per heavy atom. The lowest BCUT2D eigenvalue weighted by Crippen LogP contribution is -2.22. The van der Waals surface area contributed by atoms with Crippen LogP contribution in [0.25, 0.3) is 0 Å². The number of benzene rings is 2. The van der Waals surface area contributed by atoms with Crippen LogP contribution < -0.4 is 11.5 Å². The largest absolute Gasteiger partial charge is 0.369 e. The van der Waals surface area contributed by atoms with Crippen LogP contribution in [-0.2, 0) is 6.42 Å². The Balaban J connectivity index is 2.57. The summed E-state index contributed by atoms with van der Waals surface area (Å²) in [6, 6.07) is 6.29. The monoisotopic (exact) mass is 418 g/mol. The van der Waals surface area contributed by atoms with Crippen molar-refractivity contribution < 1.29 is 13.2 Å². The zero-order valence-electron chi connectivity index (χ0n) is 12.0. The molecule has 2 aromatic carbocycles. The highest BCUT2D eigenvalue weighted by Crippen LogP contribution is 2.25. The molecule has 0 amide bonds. The second-order valence-corrected chi connectivity index (χ2v) is 5.99. The highest BCUT2D eigenvalue weighted by molar-refractivity contribution is 9.10. The van der Waals surface area contributed by atoms with E-state index in [9.17, 15) is 13.2 Å². The van der Waals surface area contributed by atoms with Crippen LogP contribution in [-0.4, -0.2) is 11.7 Å². The first-order chi connectivity index (χ1) is 11.3. The van der Waals surface area contributed by atoms with E-state index in [4.69, 9.17) is 23.1 Å². The quantitative estimate of drug-likeness (QED) is 0.343. The molecule has 24 heavy (non-hydrogen) atoms. The van der Waals surface area contributed by atoms with E-state index in [1.54, 1.807) is 12.1 Å². The van der Waals surface area contributed by atoms with Crippen LogP contribution in [0.1, 0.15) is 11.1 Å². The van der Waals surface area contributed by atoms with Crippen LogP contribution in [0.2, 0.25) is 5.02 Å². The van der Waals surface area contributed by atoms with Gasteiger partial charge in [-0.3, -0.25) is 0 Å². The average molecular weight is 420 g/mol. The van der Waals surface area contributed by atoms with Gasteiger partial charge in [0.15, 0.2) is 11.6 Å². The van der Waals surface area contributed by atoms with Crippen LogP contribution in [0.5, 0.6) is 0 Å². The van der Waals surface area contributed by atoms with E-state index in [0.717, 1.165) is 6.07 Å². The summed E-state index contributed by atoms with van der Waals surface area (Å²) in [5, 5.41) is 7.69. The third-order valence-electron chi connectivity index (χ3n) is 3.01. The number of guanidine groups is 1. The van der Waals surface area contributed by atoms with Gasteiger partial charge in [-0.2, -0.15) is 5.10 Å². The van der Waals surface area contributed by atoms with Gasteiger partial charge in [-0.05, 0) is 30.3 Å². The fraction of sp³-hybridized carbons (Fsp3) is 0.0667. The molecule has 0 heterocycles. The Morgan fingerprint density at radius 1 is 1.04 bits per heavy atom. The summed E-state index contributed by atoms with van der Waals surface area (Å²) in [4.78, 5) is 0. The molecule has 0 radical (unpaired) electrons. The zero-order chi connectivity index (χ0) is 17.9. The molecule has 4 nitrogen and oxygen atoms in total. The molecule has 0 saturated heterocycles. The van der Waals surface area contributed by atoms with Gasteiger partial charge in [0.25, 0.3) is 0 Å². The molecule has 9 heteroatoms. The fourth-order valence-corrected chi connectivity index (χ4v) is 2.57. The lowest BCUT2D eigenvalue weighted by molar-refractivity contribution is 0.484. The second-order valence-electron chi connectivity index (χ2n) is 4.69. The minimum atomic E-state index is -1.30. The summed E-state index contributed by atoms with van der Waals surface area (Å²) >= 11 is 9.24. The molecule has 0 unspecified atom stereocenters.